The monoisotopic (exact) mass is 268 g/mol. The molecule has 0 amide bonds. The summed E-state index contributed by atoms with van der Waals surface area (Å²) in [6.07, 6.45) is 1.01. The van der Waals surface area contributed by atoms with Gasteiger partial charge in [-0.1, -0.05) is 6.07 Å². The van der Waals surface area contributed by atoms with Crippen LogP contribution in [0.4, 0.5) is 4.39 Å². The van der Waals surface area contributed by atoms with Crippen molar-refractivity contribution in [2.75, 3.05) is 26.9 Å². The first-order valence-electron chi connectivity index (χ1n) is 6.23. The first kappa shape index (κ1) is 14.0. The Bertz CT molecular complexity index is 441. The lowest BCUT2D eigenvalue weighted by Crippen LogP contribution is -2.10. The third-order valence-electron chi connectivity index (χ3n) is 3.09. The van der Waals surface area contributed by atoms with Gasteiger partial charge in [-0.2, -0.15) is 0 Å². The normalized spacial score (nSPS) is 18.5. The second-order valence-corrected chi connectivity index (χ2v) is 4.55. The van der Waals surface area contributed by atoms with Crippen LogP contribution in [0.2, 0.25) is 0 Å². The van der Waals surface area contributed by atoms with E-state index < -0.39 is 11.8 Å². The molecule has 0 aromatic heterocycles. The van der Waals surface area contributed by atoms with Gasteiger partial charge >= 0.3 is 5.97 Å². The van der Waals surface area contributed by atoms with Crippen LogP contribution in [0.3, 0.4) is 0 Å². The van der Waals surface area contributed by atoms with Gasteiger partial charge < -0.3 is 14.2 Å². The predicted molar refractivity (Wildman–Crippen MR) is 66.3 cm³/mol. The van der Waals surface area contributed by atoms with Crippen molar-refractivity contribution < 1.29 is 23.4 Å². The average molecular weight is 268 g/mol. The molecular weight excluding hydrogens is 251 g/mol. The minimum Gasteiger partial charge on any atom is -0.465 e. The fourth-order valence-electron chi connectivity index (χ4n) is 1.98. The zero-order valence-electron chi connectivity index (χ0n) is 10.9. The summed E-state index contributed by atoms with van der Waals surface area (Å²) in [6.45, 7) is 2.46. The average Bonchev–Trinajstić information content (AvgIpc) is 2.91. The molecule has 104 valence electrons. The number of carbonyl (C=O) groups is 1. The number of ether oxygens (including phenoxy) is 3. The molecule has 1 aromatic carbocycles. The highest BCUT2D eigenvalue weighted by Gasteiger charge is 2.16. The maximum Gasteiger partial charge on any atom is 0.340 e. The molecule has 1 heterocycles. The summed E-state index contributed by atoms with van der Waals surface area (Å²) in [5.74, 6) is -0.829. The van der Waals surface area contributed by atoms with Gasteiger partial charge in [0.2, 0.25) is 0 Å². The Morgan fingerprint density at radius 2 is 2.37 bits per heavy atom. The number of rotatable bonds is 5. The summed E-state index contributed by atoms with van der Waals surface area (Å²) in [6, 6.07) is 4.39. The number of halogens is 1. The zero-order valence-corrected chi connectivity index (χ0v) is 10.9. The van der Waals surface area contributed by atoms with Crippen LogP contribution in [0.1, 0.15) is 22.3 Å². The van der Waals surface area contributed by atoms with Crippen molar-refractivity contribution in [1.29, 1.82) is 0 Å². The van der Waals surface area contributed by atoms with Crippen molar-refractivity contribution in [2.24, 2.45) is 5.92 Å². The highest BCUT2D eigenvalue weighted by Crippen LogP contribution is 2.15. The van der Waals surface area contributed by atoms with Crippen molar-refractivity contribution in [2.45, 2.75) is 13.0 Å². The van der Waals surface area contributed by atoms with Gasteiger partial charge in [0.25, 0.3) is 0 Å². The van der Waals surface area contributed by atoms with E-state index >= 15 is 0 Å². The Hall–Kier alpha value is -1.46. The summed E-state index contributed by atoms with van der Waals surface area (Å²) in [4.78, 5) is 11.2. The minimum absolute atomic E-state index is 0.0598. The van der Waals surface area contributed by atoms with Crippen LogP contribution in [-0.4, -0.2) is 32.9 Å². The molecule has 5 heteroatoms. The summed E-state index contributed by atoms with van der Waals surface area (Å²) in [7, 11) is 1.22. The van der Waals surface area contributed by atoms with Gasteiger partial charge in [0.15, 0.2) is 0 Å². The molecule has 0 N–H and O–H groups in total. The topological polar surface area (TPSA) is 44.8 Å². The molecule has 1 atom stereocenters. The third kappa shape index (κ3) is 3.75. The van der Waals surface area contributed by atoms with Gasteiger partial charge in [0, 0.05) is 12.5 Å². The molecule has 0 radical (unpaired) electrons. The Labute approximate surface area is 111 Å². The van der Waals surface area contributed by atoms with Gasteiger partial charge in [-0.15, -0.1) is 0 Å². The van der Waals surface area contributed by atoms with Gasteiger partial charge in [0.1, 0.15) is 5.82 Å². The molecule has 1 fully saturated rings. The maximum absolute atomic E-state index is 13.6. The molecule has 2 rings (SSSR count). The van der Waals surface area contributed by atoms with Gasteiger partial charge in [-0.3, -0.25) is 0 Å². The van der Waals surface area contributed by atoms with Crippen LogP contribution in [0.25, 0.3) is 0 Å². The molecule has 0 aliphatic carbocycles. The lowest BCUT2D eigenvalue weighted by Gasteiger charge is -2.09. The van der Waals surface area contributed by atoms with E-state index in [-0.39, 0.29) is 5.56 Å². The third-order valence-corrected chi connectivity index (χ3v) is 3.09. The summed E-state index contributed by atoms with van der Waals surface area (Å²) in [5, 5.41) is 0. The van der Waals surface area contributed by atoms with Crippen molar-refractivity contribution in [1.82, 2.24) is 0 Å². The number of hydrogen-bond acceptors (Lipinski definition) is 4. The van der Waals surface area contributed by atoms with Crippen molar-refractivity contribution in [3.63, 3.8) is 0 Å². The van der Waals surface area contributed by atoms with E-state index in [1.165, 1.54) is 19.2 Å². The van der Waals surface area contributed by atoms with E-state index in [1.54, 1.807) is 6.07 Å². The van der Waals surface area contributed by atoms with Crippen LogP contribution in [0, 0.1) is 11.7 Å². The standard InChI is InChI=1S/C14H17FO4/c1-17-14(16)12-3-2-10(6-13(12)15)7-19-9-11-4-5-18-8-11/h2-3,6,11H,4-5,7-9H2,1H3. The molecule has 19 heavy (non-hydrogen) atoms. The van der Waals surface area contributed by atoms with Crippen LogP contribution in [-0.2, 0) is 20.8 Å². The largest absolute Gasteiger partial charge is 0.465 e. The van der Waals surface area contributed by atoms with Gasteiger partial charge in [-0.05, 0) is 24.1 Å². The van der Waals surface area contributed by atoms with Crippen LogP contribution in [0.15, 0.2) is 18.2 Å². The van der Waals surface area contributed by atoms with Crippen molar-refractivity contribution >= 4 is 5.97 Å². The van der Waals surface area contributed by atoms with Crippen molar-refractivity contribution in [3.05, 3.63) is 35.1 Å². The number of esters is 1. The second kappa shape index (κ2) is 6.63. The molecule has 0 spiro atoms. The molecule has 1 aliphatic heterocycles. The molecule has 1 aromatic rings. The molecule has 1 aliphatic rings. The Morgan fingerprint density at radius 3 is 3.00 bits per heavy atom. The minimum atomic E-state index is -0.673. The Balaban J connectivity index is 1.87. The van der Waals surface area contributed by atoms with E-state index in [1.807, 2.05) is 0 Å². The fraction of sp³-hybridized carbons (Fsp3) is 0.500. The summed E-state index contributed by atoms with van der Waals surface area (Å²) < 4.78 is 28.9. The molecule has 1 unspecified atom stereocenters. The molecule has 4 nitrogen and oxygen atoms in total. The molecule has 0 bridgehead atoms. The SMILES string of the molecule is COC(=O)c1ccc(COCC2CCOC2)cc1F. The lowest BCUT2D eigenvalue weighted by molar-refractivity contribution is 0.0594. The van der Waals surface area contributed by atoms with Crippen LogP contribution < -0.4 is 0 Å². The lowest BCUT2D eigenvalue weighted by atomic mass is 10.1. The number of benzene rings is 1. The zero-order chi connectivity index (χ0) is 13.7. The van der Waals surface area contributed by atoms with Gasteiger partial charge in [0.05, 0.1) is 32.5 Å². The summed E-state index contributed by atoms with van der Waals surface area (Å²) in [5.41, 5.74) is 0.638. The van der Waals surface area contributed by atoms with Gasteiger partial charge in [-0.25, -0.2) is 9.18 Å². The highest BCUT2D eigenvalue weighted by atomic mass is 19.1. The molecular formula is C14H17FO4. The van der Waals surface area contributed by atoms with Crippen LogP contribution in [0.5, 0.6) is 0 Å². The van der Waals surface area contributed by atoms with E-state index in [4.69, 9.17) is 9.47 Å². The first-order chi connectivity index (χ1) is 9.20. The molecule has 0 saturated carbocycles. The predicted octanol–water partition coefficient (Wildman–Crippen LogP) is 2.17. The number of methoxy groups -OCH3 is 1. The highest BCUT2D eigenvalue weighted by molar-refractivity contribution is 5.89. The quantitative estimate of drug-likeness (QED) is 0.768. The van der Waals surface area contributed by atoms with E-state index in [2.05, 4.69) is 4.74 Å². The Morgan fingerprint density at radius 1 is 1.53 bits per heavy atom. The number of hydrogen-bond donors (Lipinski definition) is 0. The van der Waals surface area contributed by atoms with Crippen LogP contribution >= 0.6 is 0 Å². The maximum atomic E-state index is 13.6. The molecule has 1 saturated heterocycles. The summed E-state index contributed by atoms with van der Waals surface area (Å²) >= 11 is 0. The van der Waals surface area contributed by atoms with E-state index in [0.717, 1.165) is 19.6 Å². The van der Waals surface area contributed by atoms with E-state index in [0.29, 0.717) is 24.7 Å². The second-order valence-electron chi connectivity index (χ2n) is 4.55. The number of carbonyl (C=O) groups excluding carboxylic acids is 1. The first-order valence-corrected chi connectivity index (χ1v) is 6.23. The van der Waals surface area contributed by atoms with E-state index in [9.17, 15) is 9.18 Å². The smallest absolute Gasteiger partial charge is 0.340 e. The fourth-order valence-corrected chi connectivity index (χ4v) is 1.98. The van der Waals surface area contributed by atoms with Crippen molar-refractivity contribution in [3.8, 4) is 0 Å². The Kier molecular flexibility index (Phi) is 4.87.